The highest BCUT2D eigenvalue weighted by Crippen LogP contribution is 2.36. The van der Waals surface area contributed by atoms with E-state index in [1.165, 1.54) is 11.9 Å². The van der Waals surface area contributed by atoms with Crippen molar-refractivity contribution < 1.29 is 19.0 Å². The van der Waals surface area contributed by atoms with Gasteiger partial charge in [0, 0.05) is 32.4 Å². The number of ether oxygens (including phenoxy) is 3. The number of methoxy groups -OCH3 is 2. The lowest BCUT2D eigenvalue weighted by molar-refractivity contribution is -0.160. The number of carbonyl (C=O) groups is 1. The highest BCUT2D eigenvalue weighted by molar-refractivity contribution is 5.77. The first-order chi connectivity index (χ1) is 14.6. The second kappa shape index (κ2) is 10.5. The minimum absolute atomic E-state index is 0.103. The van der Waals surface area contributed by atoms with Crippen molar-refractivity contribution in [2.24, 2.45) is 5.41 Å². The Kier molecular flexibility index (Phi) is 7.81. The van der Waals surface area contributed by atoms with Gasteiger partial charge in [0.05, 0.1) is 25.7 Å². The summed E-state index contributed by atoms with van der Waals surface area (Å²) < 4.78 is 18.0. The molecule has 0 radical (unpaired) electrons. The van der Waals surface area contributed by atoms with Gasteiger partial charge in [-0.3, -0.25) is 9.69 Å². The van der Waals surface area contributed by atoms with Gasteiger partial charge in [-0.1, -0.05) is 6.07 Å². The normalized spacial score (nSPS) is 19.6. The molecule has 0 bridgehead atoms. The van der Waals surface area contributed by atoms with Crippen LogP contribution < -0.4 is 4.74 Å². The van der Waals surface area contributed by atoms with Crippen molar-refractivity contribution in [3.05, 3.63) is 42.0 Å². The molecule has 164 valence electrons. The molecule has 2 heterocycles. The molecule has 1 aliphatic heterocycles. The zero-order valence-corrected chi connectivity index (χ0v) is 18.2. The summed E-state index contributed by atoms with van der Waals surface area (Å²) in [4.78, 5) is 19.2. The van der Waals surface area contributed by atoms with E-state index < -0.39 is 5.41 Å². The fourth-order valence-electron chi connectivity index (χ4n) is 4.22. The monoisotopic (exact) mass is 416 g/mol. The summed E-state index contributed by atoms with van der Waals surface area (Å²) in [7, 11) is 3.35. The first-order valence-corrected chi connectivity index (χ1v) is 10.5. The fourth-order valence-corrected chi connectivity index (χ4v) is 4.22. The van der Waals surface area contributed by atoms with Crippen LogP contribution in [0.2, 0.25) is 0 Å². The average molecular weight is 417 g/mol. The number of likely N-dealkylation sites (tertiary alicyclic amines) is 1. The van der Waals surface area contributed by atoms with Crippen molar-refractivity contribution in [2.75, 3.05) is 40.5 Å². The SMILES string of the molecule is CCOC(=O)[C@@]1(CCOC)CCCN(Cc2ccc(OC)c(Cn3cncn3)c2)C1. The quantitative estimate of drug-likeness (QED) is 0.551. The number of benzene rings is 1. The first-order valence-electron chi connectivity index (χ1n) is 10.5. The van der Waals surface area contributed by atoms with Crippen LogP contribution in [0.1, 0.15) is 37.3 Å². The molecule has 0 aliphatic carbocycles. The van der Waals surface area contributed by atoms with Gasteiger partial charge in [0.25, 0.3) is 0 Å². The van der Waals surface area contributed by atoms with Crippen LogP contribution in [0.4, 0.5) is 0 Å². The Labute approximate surface area is 178 Å². The van der Waals surface area contributed by atoms with Gasteiger partial charge in [-0.15, -0.1) is 0 Å². The zero-order valence-electron chi connectivity index (χ0n) is 18.2. The van der Waals surface area contributed by atoms with E-state index in [0.717, 1.165) is 37.2 Å². The van der Waals surface area contributed by atoms with Gasteiger partial charge < -0.3 is 14.2 Å². The minimum Gasteiger partial charge on any atom is -0.496 e. The van der Waals surface area contributed by atoms with Crippen LogP contribution in [-0.2, 0) is 27.4 Å². The second-order valence-corrected chi connectivity index (χ2v) is 7.80. The van der Waals surface area contributed by atoms with Gasteiger partial charge in [0.15, 0.2) is 0 Å². The van der Waals surface area contributed by atoms with Gasteiger partial charge in [-0.2, -0.15) is 5.10 Å². The van der Waals surface area contributed by atoms with Crippen LogP contribution in [0, 0.1) is 5.41 Å². The van der Waals surface area contributed by atoms with Crippen molar-refractivity contribution in [2.45, 2.75) is 39.3 Å². The Balaban J connectivity index is 1.75. The van der Waals surface area contributed by atoms with E-state index in [4.69, 9.17) is 14.2 Å². The lowest BCUT2D eigenvalue weighted by Gasteiger charge is -2.41. The largest absolute Gasteiger partial charge is 0.496 e. The fraction of sp³-hybridized carbons (Fsp3) is 0.591. The highest BCUT2D eigenvalue weighted by Gasteiger charge is 2.43. The third kappa shape index (κ3) is 5.37. The zero-order chi connectivity index (χ0) is 21.4. The van der Waals surface area contributed by atoms with Gasteiger partial charge in [0.2, 0.25) is 0 Å². The summed E-state index contributed by atoms with van der Waals surface area (Å²) in [5, 5.41) is 4.19. The number of hydrogen-bond acceptors (Lipinski definition) is 7. The molecule has 8 nitrogen and oxygen atoms in total. The molecular formula is C22H32N4O4. The summed E-state index contributed by atoms with van der Waals surface area (Å²) in [6.45, 7) is 5.81. The maximum atomic E-state index is 12.8. The molecule has 1 aromatic carbocycles. The molecule has 1 aromatic heterocycles. The molecular weight excluding hydrogens is 384 g/mol. The van der Waals surface area contributed by atoms with Crippen LogP contribution in [0.25, 0.3) is 0 Å². The molecule has 0 N–H and O–H groups in total. The number of hydrogen-bond donors (Lipinski definition) is 0. The van der Waals surface area contributed by atoms with Crippen LogP contribution >= 0.6 is 0 Å². The van der Waals surface area contributed by atoms with E-state index in [0.29, 0.717) is 32.7 Å². The molecule has 0 spiro atoms. The van der Waals surface area contributed by atoms with E-state index in [1.54, 1.807) is 25.2 Å². The average Bonchev–Trinajstić information content (AvgIpc) is 3.26. The van der Waals surface area contributed by atoms with Crippen LogP contribution in [0.15, 0.2) is 30.9 Å². The molecule has 1 fully saturated rings. The smallest absolute Gasteiger partial charge is 0.313 e. The van der Waals surface area contributed by atoms with Crippen LogP contribution in [0.5, 0.6) is 5.75 Å². The molecule has 3 rings (SSSR count). The van der Waals surface area contributed by atoms with Crippen LogP contribution in [0.3, 0.4) is 0 Å². The van der Waals surface area contributed by atoms with E-state index in [2.05, 4.69) is 27.1 Å². The van der Waals surface area contributed by atoms with E-state index in [1.807, 2.05) is 13.0 Å². The first kappa shape index (κ1) is 22.2. The third-order valence-electron chi connectivity index (χ3n) is 5.70. The standard InChI is InChI=1S/C22H32N4O4/c1-4-30-21(27)22(9-11-28-2)8-5-10-25(15-22)13-18-6-7-20(29-3)19(12-18)14-26-17-23-16-24-26/h6-7,12,16-17H,4-5,8-11,13-15H2,1-3H3/t22-/m1/s1. The minimum atomic E-state index is -0.500. The third-order valence-corrected chi connectivity index (χ3v) is 5.70. The lowest BCUT2D eigenvalue weighted by atomic mass is 9.77. The Morgan fingerprint density at radius 3 is 2.83 bits per heavy atom. The molecule has 2 aromatic rings. The Bertz CT molecular complexity index is 811. The van der Waals surface area contributed by atoms with Gasteiger partial charge in [-0.05, 0) is 50.4 Å². The van der Waals surface area contributed by atoms with Gasteiger partial charge in [0.1, 0.15) is 18.4 Å². The van der Waals surface area contributed by atoms with Crippen molar-refractivity contribution in [3.63, 3.8) is 0 Å². The number of piperidine rings is 1. The summed E-state index contributed by atoms with van der Waals surface area (Å²) in [5.74, 6) is 0.724. The maximum Gasteiger partial charge on any atom is 0.313 e. The predicted molar refractivity (Wildman–Crippen MR) is 112 cm³/mol. The van der Waals surface area contributed by atoms with E-state index >= 15 is 0 Å². The molecule has 1 aliphatic rings. The van der Waals surface area contributed by atoms with Gasteiger partial charge in [-0.25, -0.2) is 9.67 Å². The number of rotatable bonds is 10. The molecule has 8 heteroatoms. The summed E-state index contributed by atoms with van der Waals surface area (Å²) in [6.07, 6.45) is 5.70. The van der Waals surface area contributed by atoms with Gasteiger partial charge >= 0.3 is 5.97 Å². The predicted octanol–water partition coefficient (Wildman–Crippen LogP) is 2.52. The Morgan fingerprint density at radius 1 is 1.27 bits per heavy atom. The van der Waals surface area contributed by atoms with Crippen molar-refractivity contribution in [1.82, 2.24) is 19.7 Å². The highest BCUT2D eigenvalue weighted by atomic mass is 16.5. The summed E-state index contributed by atoms with van der Waals surface area (Å²) in [6, 6.07) is 6.23. The van der Waals surface area contributed by atoms with Crippen molar-refractivity contribution in [1.29, 1.82) is 0 Å². The maximum absolute atomic E-state index is 12.8. The Morgan fingerprint density at radius 2 is 2.13 bits per heavy atom. The second-order valence-electron chi connectivity index (χ2n) is 7.80. The molecule has 0 amide bonds. The van der Waals surface area contributed by atoms with Crippen molar-refractivity contribution >= 4 is 5.97 Å². The molecule has 30 heavy (non-hydrogen) atoms. The number of nitrogens with zero attached hydrogens (tertiary/aromatic N) is 4. The summed E-state index contributed by atoms with van der Waals surface area (Å²) in [5.41, 5.74) is 1.73. The Hall–Kier alpha value is -2.45. The number of carbonyl (C=O) groups excluding carboxylic acids is 1. The molecule has 1 saturated heterocycles. The lowest BCUT2D eigenvalue weighted by Crippen LogP contribution is -2.48. The number of esters is 1. The topological polar surface area (TPSA) is 78.7 Å². The molecule has 0 unspecified atom stereocenters. The van der Waals surface area contributed by atoms with Crippen LogP contribution in [-0.4, -0.2) is 66.2 Å². The van der Waals surface area contributed by atoms with E-state index in [9.17, 15) is 4.79 Å². The molecule has 1 atom stereocenters. The number of aromatic nitrogens is 3. The summed E-state index contributed by atoms with van der Waals surface area (Å²) >= 11 is 0. The van der Waals surface area contributed by atoms with Crippen molar-refractivity contribution in [3.8, 4) is 5.75 Å². The molecule has 0 saturated carbocycles. The van der Waals surface area contributed by atoms with E-state index in [-0.39, 0.29) is 5.97 Å².